The van der Waals surface area contributed by atoms with E-state index in [0.717, 1.165) is 31.8 Å². The van der Waals surface area contributed by atoms with Gasteiger partial charge in [0.25, 0.3) is 0 Å². The molecule has 1 aliphatic rings. The molecule has 0 bridgehead atoms. The number of aryl methyl sites for hydroxylation is 2. The molecule has 0 saturated heterocycles. The molecule has 0 saturated carbocycles. The van der Waals surface area contributed by atoms with Crippen molar-refractivity contribution in [1.29, 1.82) is 0 Å². The lowest BCUT2D eigenvalue weighted by atomic mass is 10.0. The Bertz CT molecular complexity index is 605. The summed E-state index contributed by atoms with van der Waals surface area (Å²) >= 11 is 0. The van der Waals surface area contributed by atoms with Crippen LogP contribution in [0, 0.1) is 13.8 Å². The number of hydrogen-bond acceptors (Lipinski definition) is 3. The van der Waals surface area contributed by atoms with Crippen LogP contribution < -0.4 is 5.32 Å². The Labute approximate surface area is 114 Å². The molecule has 0 radical (unpaired) electrons. The fourth-order valence-corrected chi connectivity index (χ4v) is 2.46. The molecule has 1 aromatic carbocycles. The number of benzene rings is 1. The molecular formula is C16H19N3. The average Bonchev–Trinajstić information content (AvgIpc) is 2.43. The van der Waals surface area contributed by atoms with Gasteiger partial charge in [-0.2, -0.15) is 0 Å². The fourth-order valence-electron chi connectivity index (χ4n) is 2.46. The number of aromatic nitrogens is 2. The van der Waals surface area contributed by atoms with E-state index in [1.54, 1.807) is 0 Å². The SMILES string of the molecule is Cc1ccc(Cc2ncc3c(n2)CCNC3)cc1C. The van der Waals surface area contributed by atoms with E-state index in [1.165, 1.54) is 27.9 Å². The summed E-state index contributed by atoms with van der Waals surface area (Å²) in [6.07, 6.45) is 3.81. The molecule has 0 amide bonds. The molecular weight excluding hydrogens is 234 g/mol. The topological polar surface area (TPSA) is 37.8 Å². The second kappa shape index (κ2) is 5.10. The van der Waals surface area contributed by atoms with Crippen molar-refractivity contribution in [2.45, 2.75) is 33.2 Å². The van der Waals surface area contributed by atoms with E-state index >= 15 is 0 Å². The lowest BCUT2D eigenvalue weighted by molar-refractivity contribution is 0.621. The van der Waals surface area contributed by atoms with Gasteiger partial charge in [-0.05, 0) is 30.5 Å². The Hall–Kier alpha value is -1.74. The van der Waals surface area contributed by atoms with E-state index in [-0.39, 0.29) is 0 Å². The van der Waals surface area contributed by atoms with Crippen LogP contribution in [0.15, 0.2) is 24.4 Å². The van der Waals surface area contributed by atoms with Crippen molar-refractivity contribution in [2.75, 3.05) is 6.54 Å². The van der Waals surface area contributed by atoms with Crippen molar-refractivity contribution in [3.63, 3.8) is 0 Å². The van der Waals surface area contributed by atoms with Crippen LogP contribution in [0.1, 0.15) is 33.8 Å². The van der Waals surface area contributed by atoms with Crippen LogP contribution in [0.2, 0.25) is 0 Å². The number of rotatable bonds is 2. The summed E-state index contributed by atoms with van der Waals surface area (Å²) in [4.78, 5) is 9.20. The minimum atomic E-state index is 0.821. The molecule has 0 spiro atoms. The van der Waals surface area contributed by atoms with Gasteiger partial charge in [0.2, 0.25) is 0 Å². The van der Waals surface area contributed by atoms with Crippen LogP contribution in [0.4, 0.5) is 0 Å². The van der Waals surface area contributed by atoms with Crippen LogP contribution in [0.3, 0.4) is 0 Å². The van der Waals surface area contributed by atoms with Crippen LogP contribution in [0.25, 0.3) is 0 Å². The number of hydrogen-bond donors (Lipinski definition) is 1. The molecule has 1 N–H and O–H groups in total. The normalized spacial score (nSPS) is 14.2. The van der Waals surface area contributed by atoms with Gasteiger partial charge in [0.15, 0.2) is 0 Å². The molecule has 1 aliphatic heterocycles. The van der Waals surface area contributed by atoms with E-state index in [0.29, 0.717) is 0 Å². The van der Waals surface area contributed by atoms with Gasteiger partial charge in [0, 0.05) is 43.4 Å². The molecule has 3 heteroatoms. The van der Waals surface area contributed by atoms with E-state index in [1.807, 2.05) is 6.20 Å². The van der Waals surface area contributed by atoms with Crippen LogP contribution >= 0.6 is 0 Å². The monoisotopic (exact) mass is 253 g/mol. The fraction of sp³-hybridized carbons (Fsp3) is 0.375. The maximum Gasteiger partial charge on any atom is 0.132 e. The largest absolute Gasteiger partial charge is 0.312 e. The zero-order chi connectivity index (χ0) is 13.2. The van der Waals surface area contributed by atoms with Crippen molar-refractivity contribution in [2.24, 2.45) is 0 Å². The lowest BCUT2D eigenvalue weighted by Crippen LogP contribution is -2.25. The van der Waals surface area contributed by atoms with Crippen molar-refractivity contribution >= 4 is 0 Å². The zero-order valence-corrected chi connectivity index (χ0v) is 11.5. The Balaban J connectivity index is 1.84. The minimum absolute atomic E-state index is 0.821. The number of nitrogens with zero attached hydrogens (tertiary/aromatic N) is 2. The third kappa shape index (κ3) is 2.66. The highest BCUT2D eigenvalue weighted by molar-refractivity contribution is 5.32. The van der Waals surface area contributed by atoms with Gasteiger partial charge in [-0.15, -0.1) is 0 Å². The van der Waals surface area contributed by atoms with E-state index < -0.39 is 0 Å². The molecule has 98 valence electrons. The smallest absolute Gasteiger partial charge is 0.132 e. The zero-order valence-electron chi connectivity index (χ0n) is 11.5. The van der Waals surface area contributed by atoms with Crippen molar-refractivity contribution in [3.05, 3.63) is 58.2 Å². The standard InChI is InChI=1S/C16H19N3/c1-11-3-4-13(7-12(11)2)8-16-18-10-14-9-17-6-5-15(14)19-16/h3-4,7,10,17H,5-6,8-9H2,1-2H3. The maximum absolute atomic E-state index is 4.71. The maximum atomic E-state index is 4.71. The predicted molar refractivity (Wildman–Crippen MR) is 76.2 cm³/mol. The quantitative estimate of drug-likeness (QED) is 0.892. The Kier molecular flexibility index (Phi) is 3.30. The predicted octanol–water partition coefficient (Wildman–Crippen LogP) is 2.33. The first kappa shape index (κ1) is 12.3. The van der Waals surface area contributed by atoms with Crippen LogP contribution in [-0.4, -0.2) is 16.5 Å². The molecule has 2 heterocycles. The molecule has 0 atom stereocenters. The van der Waals surface area contributed by atoms with Gasteiger partial charge in [-0.1, -0.05) is 18.2 Å². The highest BCUT2D eigenvalue weighted by Gasteiger charge is 2.11. The van der Waals surface area contributed by atoms with Gasteiger partial charge in [0.1, 0.15) is 5.82 Å². The molecule has 3 nitrogen and oxygen atoms in total. The molecule has 2 aromatic rings. The molecule has 3 rings (SSSR count). The summed E-state index contributed by atoms with van der Waals surface area (Å²) < 4.78 is 0. The molecule has 19 heavy (non-hydrogen) atoms. The highest BCUT2D eigenvalue weighted by Crippen LogP contribution is 2.15. The number of fused-ring (bicyclic) bond motifs is 1. The Morgan fingerprint density at radius 3 is 2.95 bits per heavy atom. The molecule has 0 unspecified atom stereocenters. The molecule has 0 fully saturated rings. The van der Waals surface area contributed by atoms with Gasteiger partial charge in [0.05, 0.1) is 0 Å². The second-order valence-corrected chi connectivity index (χ2v) is 5.28. The third-order valence-electron chi connectivity index (χ3n) is 3.79. The summed E-state index contributed by atoms with van der Waals surface area (Å²) in [6.45, 7) is 6.21. The Morgan fingerprint density at radius 2 is 2.11 bits per heavy atom. The average molecular weight is 253 g/mol. The van der Waals surface area contributed by atoms with Gasteiger partial charge in [-0.3, -0.25) is 0 Å². The summed E-state index contributed by atoms with van der Waals surface area (Å²) in [5, 5.41) is 3.34. The van der Waals surface area contributed by atoms with Crippen molar-refractivity contribution < 1.29 is 0 Å². The van der Waals surface area contributed by atoms with Gasteiger partial charge in [-0.25, -0.2) is 9.97 Å². The van der Waals surface area contributed by atoms with Gasteiger partial charge < -0.3 is 5.32 Å². The second-order valence-electron chi connectivity index (χ2n) is 5.28. The van der Waals surface area contributed by atoms with Crippen molar-refractivity contribution in [3.8, 4) is 0 Å². The molecule has 0 aliphatic carbocycles. The minimum Gasteiger partial charge on any atom is -0.312 e. The van der Waals surface area contributed by atoms with Crippen LogP contribution in [0.5, 0.6) is 0 Å². The summed E-state index contributed by atoms with van der Waals surface area (Å²) in [5.41, 5.74) is 6.42. The molecule has 1 aromatic heterocycles. The first-order valence-corrected chi connectivity index (χ1v) is 6.83. The lowest BCUT2D eigenvalue weighted by Gasteiger charge is -2.16. The van der Waals surface area contributed by atoms with Crippen LogP contribution in [-0.2, 0) is 19.4 Å². The number of nitrogens with one attached hydrogen (secondary N) is 1. The van der Waals surface area contributed by atoms with E-state index in [9.17, 15) is 0 Å². The third-order valence-corrected chi connectivity index (χ3v) is 3.79. The van der Waals surface area contributed by atoms with E-state index in [2.05, 4.69) is 42.3 Å². The first-order valence-electron chi connectivity index (χ1n) is 6.83. The first-order chi connectivity index (χ1) is 9.22. The summed E-state index contributed by atoms with van der Waals surface area (Å²) in [6, 6.07) is 6.58. The summed E-state index contributed by atoms with van der Waals surface area (Å²) in [5.74, 6) is 0.934. The summed E-state index contributed by atoms with van der Waals surface area (Å²) in [7, 11) is 0. The van der Waals surface area contributed by atoms with E-state index in [4.69, 9.17) is 4.98 Å². The Morgan fingerprint density at radius 1 is 1.21 bits per heavy atom. The van der Waals surface area contributed by atoms with Crippen molar-refractivity contribution in [1.82, 2.24) is 15.3 Å². The highest BCUT2D eigenvalue weighted by atomic mass is 14.9. The van der Waals surface area contributed by atoms with Gasteiger partial charge >= 0.3 is 0 Å².